The molecule has 0 unspecified atom stereocenters. The molecule has 0 saturated carbocycles. The molecule has 1 saturated heterocycles. The number of halogens is 1. The van der Waals surface area contributed by atoms with Gasteiger partial charge in [-0.3, -0.25) is 4.79 Å². The van der Waals surface area contributed by atoms with E-state index in [0.29, 0.717) is 17.7 Å². The maximum atomic E-state index is 14.3. The normalized spacial score (nSPS) is 16.8. The van der Waals surface area contributed by atoms with Crippen molar-refractivity contribution in [2.24, 2.45) is 0 Å². The number of H-pyrrole nitrogens is 1. The van der Waals surface area contributed by atoms with Gasteiger partial charge in [-0.25, -0.2) is 4.39 Å². The van der Waals surface area contributed by atoms with E-state index in [-0.39, 0.29) is 11.7 Å². The first kappa shape index (κ1) is 20.7. The average Bonchev–Trinajstić information content (AvgIpc) is 3.43. The molecule has 2 aliphatic rings. The van der Waals surface area contributed by atoms with Gasteiger partial charge >= 0.3 is 0 Å². The third-order valence-electron chi connectivity index (χ3n) is 6.85. The lowest BCUT2D eigenvalue weighted by Gasteiger charge is -2.29. The highest BCUT2D eigenvalue weighted by Gasteiger charge is 2.37. The lowest BCUT2D eigenvalue weighted by Crippen LogP contribution is -2.43. The van der Waals surface area contributed by atoms with E-state index < -0.39 is 11.9 Å². The van der Waals surface area contributed by atoms with E-state index in [1.165, 1.54) is 18.2 Å². The highest BCUT2D eigenvalue weighted by Crippen LogP contribution is 2.40. The summed E-state index contributed by atoms with van der Waals surface area (Å²) in [4.78, 5) is 21.1. The number of fused-ring (bicyclic) bond motifs is 2. The summed E-state index contributed by atoms with van der Waals surface area (Å²) in [7, 11) is 0. The van der Waals surface area contributed by atoms with Gasteiger partial charge in [-0.2, -0.15) is 0 Å². The first-order valence-electron chi connectivity index (χ1n) is 11.5. The summed E-state index contributed by atoms with van der Waals surface area (Å²) in [5.41, 5.74) is 4.63. The number of carbonyl (C=O) groups is 1. The van der Waals surface area contributed by atoms with Crippen LogP contribution in [0, 0.1) is 5.82 Å². The Bertz CT molecular complexity index is 1360. The third kappa shape index (κ3) is 3.49. The quantitative estimate of drug-likeness (QED) is 0.431. The monoisotopic (exact) mass is 456 g/mol. The molecule has 0 aliphatic carbocycles. The van der Waals surface area contributed by atoms with Crippen molar-refractivity contribution in [1.29, 1.82) is 0 Å². The van der Waals surface area contributed by atoms with Crippen LogP contribution in [0.1, 0.15) is 33.2 Å². The second-order valence-corrected chi connectivity index (χ2v) is 8.93. The number of piperazine rings is 1. The molecule has 34 heavy (non-hydrogen) atoms. The minimum absolute atomic E-state index is 0.0460. The second-order valence-electron chi connectivity index (χ2n) is 8.93. The smallest absolute Gasteiger partial charge is 0.255 e. The lowest BCUT2D eigenvalue weighted by atomic mass is 10.0. The number of carbonyl (C=O) groups excluding carboxylic acids is 1. The molecule has 2 aliphatic heterocycles. The molecule has 1 atom stereocenters. The number of hydrogen-bond acceptors (Lipinski definition) is 4. The summed E-state index contributed by atoms with van der Waals surface area (Å²) >= 11 is 0. The molecule has 3 aromatic carbocycles. The number of rotatable bonds is 4. The van der Waals surface area contributed by atoms with E-state index in [0.717, 1.165) is 54.0 Å². The summed E-state index contributed by atoms with van der Waals surface area (Å²) < 4.78 is 14.3. The number of hydrogen-bond donors (Lipinski definition) is 3. The van der Waals surface area contributed by atoms with Crippen LogP contribution in [0.15, 0.2) is 66.7 Å². The predicted molar refractivity (Wildman–Crippen MR) is 130 cm³/mol. The number of phenols is 1. The van der Waals surface area contributed by atoms with Gasteiger partial charge in [0.05, 0.1) is 0 Å². The van der Waals surface area contributed by atoms with Crippen molar-refractivity contribution in [3.63, 3.8) is 0 Å². The van der Waals surface area contributed by atoms with Crippen molar-refractivity contribution < 1.29 is 14.3 Å². The summed E-state index contributed by atoms with van der Waals surface area (Å²) in [6.45, 7) is 4.00. The molecular formula is C27H25FN4O2. The number of phenolic OH excluding ortho intramolecular Hbond substituents is 1. The number of benzene rings is 3. The molecule has 0 bridgehead atoms. The van der Waals surface area contributed by atoms with Crippen molar-refractivity contribution in [3.05, 3.63) is 94.9 Å². The lowest BCUT2D eigenvalue weighted by molar-refractivity contribution is 0.0726. The topological polar surface area (TPSA) is 71.6 Å². The van der Waals surface area contributed by atoms with E-state index in [1.54, 1.807) is 4.90 Å². The zero-order valence-electron chi connectivity index (χ0n) is 18.6. The van der Waals surface area contributed by atoms with Gasteiger partial charge in [0.15, 0.2) is 0 Å². The van der Waals surface area contributed by atoms with Gasteiger partial charge in [-0.05, 0) is 53.4 Å². The zero-order chi connectivity index (χ0) is 23.2. The van der Waals surface area contributed by atoms with E-state index in [2.05, 4.69) is 21.3 Å². The van der Waals surface area contributed by atoms with E-state index in [9.17, 15) is 14.3 Å². The van der Waals surface area contributed by atoms with E-state index in [1.807, 2.05) is 42.5 Å². The van der Waals surface area contributed by atoms with Crippen molar-refractivity contribution in [1.82, 2.24) is 15.2 Å². The second kappa shape index (κ2) is 8.18. The van der Waals surface area contributed by atoms with Crippen LogP contribution in [0.4, 0.5) is 10.1 Å². The number of amides is 1. The number of para-hydroxylation sites is 1. The van der Waals surface area contributed by atoms with Crippen molar-refractivity contribution in [2.75, 3.05) is 31.1 Å². The minimum Gasteiger partial charge on any atom is -0.508 e. The van der Waals surface area contributed by atoms with Crippen LogP contribution < -0.4 is 10.2 Å². The Kier molecular flexibility index (Phi) is 4.99. The summed E-state index contributed by atoms with van der Waals surface area (Å²) in [5.74, 6) is -0.631. The van der Waals surface area contributed by atoms with Crippen molar-refractivity contribution in [3.8, 4) is 5.75 Å². The Morgan fingerprint density at radius 3 is 2.62 bits per heavy atom. The maximum Gasteiger partial charge on any atom is 0.255 e. The Morgan fingerprint density at radius 2 is 1.79 bits per heavy atom. The molecule has 0 radical (unpaired) electrons. The zero-order valence-corrected chi connectivity index (χ0v) is 18.6. The molecule has 6 rings (SSSR count). The Hall–Kier alpha value is -3.84. The maximum absolute atomic E-state index is 14.3. The van der Waals surface area contributed by atoms with E-state index in [4.69, 9.17) is 0 Å². The predicted octanol–water partition coefficient (Wildman–Crippen LogP) is 4.17. The molecule has 0 spiro atoms. The molecule has 172 valence electrons. The van der Waals surface area contributed by atoms with Gasteiger partial charge in [0.25, 0.3) is 5.91 Å². The fourth-order valence-corrected chi connectivity index (χ4v) is 5.13. The number of nitrogens with one attached hydrogen (secondary N) is 2. The molecule has 3 heterocycles. The molecule has 1 fully saturated rings. The van der Waals surface area contributed by atoms with E-state index >= 15 is 0 Å². The van der Waals surface area contributed by atoms with Gasteiger partial charge in [-0.15, -0.1) is 0 Å². The largest absolute Gasteiger partial charge is 0.508 e. The Morgan fingerprint density at radius 1 is 0.971 bits per heavy atom. The van der Waals surface area contributed by atoms with Gasteiger partial charge in [0.2, 0.25) is 0 Å². The molecular weight excluding hydrogens is 431 g/mol. The van der Waals surface area contributed by atoms with Crippen LogP contribution >= 0.6 is 0 Å². The number of aromatic amines is 1. The van der Waals surface area contributed by atoms with Gasteiger partial charge in [-0.1, -0.05) is 24.3 Å². The number of anilines is 1. The van der Waals surface area contributed by atoms with Crippen LogP contribution in [-0.4, -0.2) is 47.1 Å². The van der Waals surface area contributed by atoms with Gasteiger partial charge in [0.1, 0.15) is 17.6 Å². The molecule has 7 heteroatoms. The highest BCUT2D eigenvalue weighted by atomic mass is 19.1. The molecule has 1 aromatic heterocycles. The first-order valence-corrected chi connectivity index (χ1v) is 11.5. The van der Waals surface area contributed by atoms with Crippen LogP contribution in [0.25, 0.3) is 10.9 Å². The van der Waals surface area contributed by atoms with Gasteiger partial charge < -0.3 is 25.2 Å². The van der Waals surface area contributed by atoms with Gasteiger partial charge in [0, 0.05) is 60.7 Å². The van der Waals surface area contributed by atoms with Crippen LogP contribution in [0.3, 0.4) is 0 Å². The number of nitrogens with zero attached hydrogens (tertiary/aromatic N) is 2. The fourth-order valence-electron chi connectivity index (χ4n) is 5.13. The molecule has 4 aromatic rings. The Balaban J connectivity index is 1.43. The third-order valence-corrected chi connectivity index (χ3v) is 6.85. The van der Waals surface area contributed by atoms with Crippen LogP contribution in [-0.2, 0) is 6.54 Å². The standard InChI is InChI=1S/C27H25FN4O2/c28-19-6-8-25(33)22(14-19)26(24-13-17-3-1-2-4-23(17)30-24)32-16-18-5-7-20(15-21(18)27(32)34)31-11-9-29-10-12-31/h1-8,13-15,26,29-30,33H,9-12,16H2/t26-/m1/s1. The molecule has 1 amide bonds. The molecule has 3 N–H and O–H groups in total. The number of aromatic hydroxyl groups is 1. The van der Waals surface area contributed by atoms with Crippen molar-refractivity contribution >= 4 is 22.5 Å². The SMILES string of the molecule is O=C1c2cc(N3CCNCC3)ccc2CN1[C@@H](c1cc2ccccc2[nH]1)c1cc(F)ccc1O. The van der Waals surface area contributed by atoms with Crippen molar-refractivity contribution in [2.45, 2.75) is 12.6 Å². The number of aromatic nitrogens is 1. The summed E-state index contributed by atoms with van der Waals surface area (Å²) in [5, 5.41) is 15.0. The Labute approximate surface area is 196 Å². The first-order chi connectivity index (χ1) is 16.6. The van der Waals surface area contributed by atoms with Crippen LogP contribution in [0.2, 0.25) is 0 Å². The summed E-state index contributed by atoms with van der Waals surface area (Å²) in [6, 6.07) is 19.1. The highest BCUT2D eigenvalue weighted by molar-refractivity contribution is 6.00. The molecule has 6 nitrogen and oxygen atoms in total. The minimum atomic E-state index is -0.661. The fraction of sp³-hybridized carbons (Fsp3) is 0.222. The summed E-state index contributed by atoms with van der Waals surface area (Å²) in [6.07, 6.45) is 0. The van der Waals surface area contributed by atoms with Crippen LogP contribution in [0.5, 0.6) is 5.75 Å². The average molecular weight is 457 g/mol.